The highest BCUT2D eigenvalue weighted by Gasteiger charge is 2.05. The minimum absolute atomic E-state index is 0.606. The van der Waals surface area contributed by atoms with Gasteiger partial charge in [-0.3, -0.25) is 0 Å². The smallest absolute Gasteiger partial charge is 0.200 e. The van der Waals surface area contributed by atoms with Gasteiger partial charge in [0.1, 0.15) is 0 Å². The van der Waals surface area contributed by atoms with E-state index >= 15 is 0 Å². The van der Waals surface area contributed by atoms with Crippen molar-refractivity contribution >= 4 is 5.95 Å². The number of hydrogen-bond donors (Lipinski definition) is 1. The lowest BCUT2D eigenvalue weighted by atomic mass is 10.4. The molecule has 0 fully saturated rings. The van der Waals surface area contributed by atoms with Crippen LogP contribution in [0, 0.1) is 0 Å². The van der Waals surface area contributed by atoms with Crippen LogP contribution in [0.3, 0.4) is 0 Å². The fourth-order valence-corrected chi connectivity index (χ4v) is 1.24. The van der Waals surface area contributed by atoms with Gasteiger partial charge in [0, 0.05) is 13.1 Å². The summed E-state index contributed by atoms with van der Waals surface area (Å²) >= 11 is 0. The molecule has 0 aliphatic rings. The molecule has 0 bridgehead atoms. The van der Waals surface area contributed by atoms with Gasteiger partial charge < -0.3 is 15.2 Å². The van der Waals surface area contributed by atoms with E-state index in [4.69, 9.17) is 5.73 Å². The van der Waals surface area contributed by atoms with E-state index in [1.54, 1.807) is 0 Å². The number of nitrogen functional groups attached to an aromatic ring is 1. The highest BCUT2D eigenvalue weighted by Crippen LogP contribution is 2.07. The molecule has 1 aromatic heterocycles. The summed E-state index contributed by atoms with van der Waals surface area (Å²) < 4.78 is 2.01. The van der Waals surface area contributed by atoms with Crippen LogP contribution in [-0.2, 0) is 13.1 Å². The van der Waals surface area contributed by atoms with Crippen molar-refractivity contribution in [3.63, 3.8) is 0 Å². The lowest BCUT2D eigenvalue weighted by Gasteiger charge is -2.11. The first kappa shape index (κ1) is 9.06. The van der Waals surface area contributed by atoms with Gasteiger partial charge in [-0.05, 0) is 21.0 Å². The molecule has 0 aliphatic carbocycles. The normalized spacial score (nSPS) is 11.0. The molecule has 0 spiro atoms. The van der Waals surface area contributed by atoms with Crippen molar-refractivity contribution < 1.29 is 0 Å². The van der Waals surface area contributed by atoms with Crippen LogP contribution in [0.2, 0.25) is 0 Å². The predicted octanol–water partition coefficient (Wildman–Crippen LogP) is 0.547. The molecule has 0 amide bonds. The van der Waals surface area contributed by atoms with Gasteiger partial charge in [-0.25, -0.2) is 4.98 Å². The summed E-state index contributed by atoms with van der Waals surface area (Å²) in [5.74, 6) is 0.606. The summed E-state index contributed by atoms with van der Waals surface area (Å²) in [6.45, 7) is 3.84. The first-order valence-corrected chi connectivity index (χ1v) is 4.09. The maximum absolute atomic E-state index is 5.66. The van der Waals surface area contributed by atoms with E-state index in [1.807, 2.05) is 24.9 Å². The molecule has 0 aromatic carbocycles. The number of hydrogen-bond acceptors (Lipinski definition) is 3. The Kier molecular flexibility index (Phi) is 2.70. The first-order valence-electron chi connectivity index (χ1n) is 4.09. The summed E-state index contributed by atoms with van der Waals surface area (Å²) in [6.07, 6.45) is 1.83. The van der Waals surface area contributed by atoms with Gasteiger partial charge in [0.25, 0.3) is 0 Å². The summed E-state index contributed by atoms with van der Waals surface area (Å²) in [6, 6.07) is 0. The third-order valence-electron chi connectivity index (χ3n) is 1.76. The molecule has 0 radical (unpaired) electrons. The molecule has 0 unspecified atom stereocenters. The SMILES string of the molecule is CCn1c(CN(C)C)cnc1N. The second-order valence-electron chi connectivity index (χ2n) is 3.09. The molecule has 12 heavy (non-hydrogen) atoms. The molecule has 4 heteroatoms. The van der Waals surface area contributed by atoms with Crippen molar-refractivity contribution in [1.82, 2.24) is 14.5 Å². The number of rotatable bonds is 3. The predicted molar refractivity (Wildman–Crippen MR) is 49.7 cm³/mol. The zero-order valence-electron chi connectivity index (χ0n) is 7.91. The Morgan fingerprint density at radius 3 is 2.75 bits per heavy atom. The summed E-state index contributed by atoms with van der Waals surface area (Å²) in [7, 11) is 4.06. The fourth-order valence-electron chi connectivity index (χ4n) is 1.24. The van der Waals surface area contributed by atoms with E-state index in [0.717, 1.165) is 13.1 Å². The molecule has 0 atom stereocenters. The van der Waals surface area contributed by atoms with Gasteiger partial charge in [-0.1, -0.05) is 0 Å². The summed E-state index contributed by atoms with van der Waals surface area (Å²) in [5.41, 5.74) is 6.83. The molecule has 0 aliphatic heterocycles. The van der Waals surface area contributed by atoms with Crippen LogP contribution in [0.25, 0.3) is 0 Å². The zero-order chi connectivity index (χ0) is 9.14. The molecule has 68 valence electrons. The fraction of sp³-hybridized carbons (Fsp3) is 0.625. The molecular weight excluding hydrogens is 152 g/mol. The monoisotopic (exact) mass is 168 g/mol. The molecular formula is C8H16N4. The Balaban J connectivity index is 2.84. The van der Waals surface area contributed by atoms with Crippen molar-refractivity contribution in [2.24, 2.45) is 0 Å². The van der Waals surface area contributed by atoms with Crippen LogP contribution in [0.5, 0.6) is 0 Å². The molecule has 1 rings (SSSR count). The van der Waals surface area contributed by atoms with Gasteiger partial charge in [0.2, 0.25) is 0 Å². The maximum Gasteiger partial charge on any atom is 0.200 e. The third-order valence-corrected chi connectivity index (χ3v) is 1.76. The highest BCUT2D eigenvalue weighted by atomic mass is 15.2. The van der Waals surface area contributed by atoms with Crippen molar-refractivity contribution in [3.05, 3.63) is 11.9 Å². The first-order chi connectivity index (χ1) is 5.65. The number of imidazole rings is 1. The molecule has 1 heterocycles. The van der Waals surface area contributed by atoms with Crippen LogP contribution < -0.4 is 5.73 Å². The Morgan fingerprint density at radius 1 is 1.58 bits per heavy atom. The second-order valence-corrected chi connectivity index (χ2v) is 3.09. The highest BCUT2D eigenvalue weighted by molar-refractivity contribution is 5.22. The van der Waals surface area contributed by atoms with E-state index in [-0.39, 0.29) is 0 Å². The summed E-state index contributed by atoms with van der Waals surface area (Å²) in [4.78, 5) is 6.15. The van der Waals surface area contributed by atoms with Crippen LogP contribution in [0.15, 0.2) is 6.20 Å². The van der Waals surface area contributed by atoms with Gasteiger partial charge in [0.15, 0.2) is 5.95 Å². The van der Waals surface area contributed by atoms with Crippen molar-refractivity contribution in [2.75, 3.05) is 19.8 Å². The van der Waals surface area contributed by atoms with Crippen LogP contribution in [0.1, 0.15) is 12.6 Å². The van der Waals surface area contributed by atoms with E-state index in [1.165, 1.54) is 5.69 Å². The van der Waals surface area contributed by atoms with Crippen molar-refractivity contribution in [3.8, 4) is 0 Å². The van der Waals surface area contributed by atoms with Crippen LogP contribution in [-0.4, -0.2) is 28.5 Å². The number of nitrogens with two attached hydrogens (primary N) is 1. The third kappa shape index (κ3) is 1.76. The van der Waals surface area contributed by atoms with Gasteiger partial charge in [-0.2, -0.15) is 0 Å². The zero-order valence-corrected chi connectivity index (χ0v) is 7.91. The molecule has 0 saturated carbocycles. The van der Waals surface area contributed by atoms with E-state index in [9.17, 15) is 0 Å². The molecule has 4 nitrogen and oxygen atoms in total. The lowest BCUT2D eigenvalue weighted by Crippen LogP contribution is -2.15. The van der Waals surface area contributed by atoms with Crippen molar-refractivity contribution in [2.45, 2.75) is 20.0 Å². The Labute approximate surface area is 73.0 Å². The largest absolute Gasteiger partial charge is 0.369 e. The second kappa shape index (κ2) is 3.58. The average Bonchev–Trinajstić information content (AvgIpc) is 2.30. The van der Waals surface area contributed by atoms with E-state index in [2.05, 4.69) is 16.8 Å². The van der Waals surface area contributed by atoms with Crippen LogP contribution in [0.4, 0.5) is 5.95 Å². The van der Waals surface area contributed by atoms with Gasteiger partial charge >= 0.3 is 0 Å². The molecule has 0 saturated heterocycles. The van der Waals surface area contributed by atoms with E-state index in [0.29, 0.717) is 5.95 Å². The standard InChI is InChI=1S/C8H16N4/c1-4-12-7(6-11(2)3)5-10-8(12)9/h5H,4,6H2,1-3H3,(H2,9,10). The minimum atomic E-state index is 0.606. The molecule has 1 aromatic rings. The number of anilines is 1. The lowest BCUT2D eigenvalue weighted by molar-refractivity contribution is 0.389. The Bertz CT molecular complexity index is 252. The van der Waals surface area contributed by atoms with Gasteiger partial charge in [0.05, 0.1) is 11.9 Å². The Morgan fingerprint density at radius 2 is 2.25 bits per heavy atom. The van der Waals surface area contributed by atoms with E-state index < -0.39 is 0 Å². The van der Waals surface area contributed by atoms with Crippen molar-refractivity contribution in [1.29, 1.82) is 0 Å². The Hall–Kier alpha value is -1.03. The van der Waals surface area contributed by atoms with Gasteiger partial charge in [-0.15, -0.1) is 0 Å². The minimum Gasteiger partial charge on any atom is -0.369 e. The maximum atomic E-state index is 5.66. The summed E-state index contributed by atoms with van der Waals surface area (Å²) in [5, 5.41) is 0. The topological polar surface area (TPSA) is 47.1 Å². The average molecular weight is 168 g/mol. The quantitative estimate of drug-likeness (QED) is 0.717. The number of aromatic nitrogens is 2. The molecule has 2 N–H and O–H groups in total. The number of nitrogens with zero attached hydrogens (tertiary/aromatic N) is 3. The van der Waals surface area contributed by atoms with Crippen LogP contribution >= 0.6 is 0 Å².